The zero-order valence-electron chi connectivity index (χ0n) is 19.4. The molecule has 0 radical (unpaired) electrons. The molecule has 172 valence electrons. The molecule has 0 aromatic carbocycles. The van der Waals surface area contributed by atoms with Crippen molar-refractivity contribution >= 4 is 38.5 Å². The van der Waals surface area contributed by atoms with Gasteiger partial charge in [-0.25, -0.2) is 15.0 Å². The van der Waals surface area contributed by atoms with Crippen LogP contribution in [0.2, 0.25) is 0 Å². The molecule has 0 aliphatic heterocycles. The fourth-order valence-electron chi connectivity index (χ4n) is 3.77. The number of anilines is 3. The van der Waals surface area contributed by atoms with E-state index in [0.717, 1.165) is 64.9 Å². The number of aromatic nitrogens is 3. The number of fused-ring (bicyclic) bond motifs is 1. The molecule has 1 atom stereocenters. The predicted molar refractivity (Wildman–Crippen MR) is 133 cm³/mol. The summed E-state index contributed by atoms with van der Waals surface area (Å²) in [6.07, 6.45) is 5.21. The molecule has 0 amide bonds. The Kier molecular flexibility index (Phi) is 6.93. The topological polar surface area (TPSA) is 95.0 Å². The quantitative estimate of drug-likeness (QED) is 0.396. The highest BCUT2D eigenvalue weighted by Gasteiger charge is 2.21. The lowest BCUT2D eigenvalue weighted by Crippen LogP contribution is -2.37. The number of hydrogen-bond acceptors (Lipinski definition) is 8. The molecule has 3 aromatic rings. The molecule has 1 fully saturated rings. The molecule has 4 rings (SSSR count). The van der Waals surface area contributed by atoms with Crippen LogP contribution < -0.4 is 16.0 Å². The van der Waals surface area contributed by atoms with Crippen molar-refractivity contribution in [2.45, 2.75) is 78.1 Å². The lowest BCUT2D eigenvalue weighted by atomic mass is 9.88. The number of thiazole rings is 1. The summed E-state index contributed by atoms with van der Waals surface area (Å²) in [7, 11) is 0. The molecule has 0 saturated heterocycles. The minimum absolute atomic E-state index is 0.166. The highest BCUT2D eigenvalue weighted by atomic mass is 32.1. The summed E-state index contributed by atoms with van der Waals surface area (Å²) in [5.74, 6) is 1.63. The molecular weight excluding hydrogens is 420 g/mol. The number of aliphatic hydroxyl groups is 1. The van der Waals surface area contributed by atoms with Crippen molar-refractivity contribution in [1.29, 1.82) is 0 Å². The van der Waals surface area contributed by atoms with Crippen LogP contribution in [0.4, 0.5) is 16.8 Å². The molecule has 7 nitrogen and oxygen atoms in total. The Morgan fingerprint density at radius 3 is 2.59 bits per heavy atom. The van der Waals surface area contributed by atoms with Crippen LogP contribution in [0.25, 0.3) is 10.3 Å². The first-order valence-electron chi connectivity index (χ1n) is 11.4. The van der Waals surface area contributed by atoms with Crippen molar-refractivity contribution in [3.63, 3.8) is 0 Å². The molecular formula is C24H34N6OS. The number of nitrogens with one attached hydrogen (secondary N) is 3. The van der Waals surface area contributed by atoms with Gasteiger partial charge in [-0.15, -0.1) is 0 Å². The number of pyridine rings is 2. The van der Waals surface area contributed by atoms with E-state index in [1.54, 1.807) is 6.20 Å². The third-order valence-corrected chi connectivity index (χ3v) is 7.14. The first-order valence-corrected chi connectivity index (χ1v) is 12.3. The number of rotatable bonds is 7. The molecule has 4 N–H and O–H groups in total. The maximum atomic E-state index is 9.82. The van der Waals surface area contributed by atoms with E-state index in [1.807, 2.05) is 12.1 Å². The first-order chi connectivity index (χ1) is 15.3. The fourth-order valence-corrected chi connectivity index (χ4v) is 4.58. The van der Waals surface area contributed by atoms with Crippen LogP contribution >= 0.6 is 11.3 Å². The zero-order chi connectivity index (χ0) is 22.7. The van der Waals surface area contributed by atoms with Gasteiger partial charge in [0.25, 0.3) is 0 Å². The average molecular weight is 455 g/mol. The molecule has 32 heavy (non-hydrogen) atoms. The van der Waals surface area contributed by atoms with E-state index < -0.39 is 0 Å². The smallest absolute Gasteiger partial charge is 0.190 e. The van der Waals surface area contributed by atoms with Crippen molar-refractivity contribution in [1.82, 2.24) is 20.3 Å². The normalized spacial score (nSPS) is 20.3. The SMILES string of the molecule is CC(NCc1cc(Nc2nc3cccnc3s2)nc(N[C@H]2CC[C@H](O)CC2)c1)C(C)(C)C. The van der Waals surface area contributed by atoms with Crippen LogP contribution in [-0.2, 0) is 6.54 Å². The maximum Gasteiger partial charge on any atom is 0.190 e. The van der Waals surface area contributed by atoms with E-state index in [4.69, 9.17) is 4.98 Å². The monoisotopic (exact) mass is 454 g/mol. The second-order valence-corrected chi connectivity index (χ2v) is 10.8. The molecule has 1 aliphatic rings. The molecule has 8 heteroatoms. The Morgan fingerprint density at radius 2 is 1.88 bits per heavy atom. The molecule has 1 aliphatic carbocycles. The van der Waals surface area contributed by atoms with Crippen molar-refractivity contribution in [2.24, 2.45) is 5.41 Å². The van der Waals surface area contributed by atoms with Gasteiger partial charge in [0.05, 0.1) is 6.10 Å². The minimum Gasteiger partial charge on any atom is -0.393 e. The predicted octanol–water partition coefficient (Wildman–Crippen LogP) is 5.07. The van der Waals surface area contributed by atoms with Crippen LogP contribution in [0.15, 0.2) is 30.5 Å². The fraction of sp³-hybridized carbons (Fsp3) is 0.542. The van der Waals surface area contributed by atoms with Gasteiger partial charge < -0.3 is 21.1 Å². The van der Waals surface area contributed by atoms with E-state index in [-0.39, 0.29) is 11.5 Å². The Hall–Kier alpha value is -2.29. The maximum absolute atomic E-state index is 9.82. The summed E-state index contributed by atoms with van der Waals surface area (Å²) in [6.45, 7) is 9.72. The lowest BCUT2D eigenvalue weighted by molar-refractivity contribution is 0.126. The van der Waals surface area contributed by atoms with Gasteiger partial charge in [0.1, 0.15) is 22.0 Å². The highest BCUT2D eigenvalue weighted by molar-refractivity contribution is 7.21. The standard InChI is InChI=1S/C24H34N6OS/c1-15(24(2,3)4)26-14-16-12-20(27-17-7-9-18(31)10-8-17)29-21(13-16)30-23-28-19-6-5-11-25-22(19)32-23/h5-6,11-13,15,17-18,26,31H,7-10,14H2,1-4H3,(H2,27,28,29,30)/t15?,17-,18-. The minimum atomic E-state index is -0.166. The van der Waals surface area contributed by atoms with Crippen LogP contribution in [-0.4, -0.2) is 38.2 Å². The number of aliphatic hydroxyl groups excluding tert-OH is 1. The second-order valence-electron chi connectivity index (χ2n) is 9.84. The van der Waals surface area contributed by atoms with E-state index in [2.05, 4.69) is 65.7 Å². The van der Waals surface area contributed by atoms with Gasteiger partial charge >= 0.3 is 0 Å². The Labute approximate surface area is 194 Å². The average Bonchev–Trinajstić information content (AvgIpc) is 3.15. The van der Waals surface area contributed by atoms with Crippen LogP contribution in [0.5, 0.6) is 0 Å². The molecule has 1 unspecified atom stereocenters. The van der Waals surface area contributed by atoms with Crippen molar-refractivity contribution < 1.29 is 5.11 Å². The van der Waals surface area contributed by atoms with E-state index >= 15 is 0 Å². The van der Waals surface area contributed by atoms with Gasteiger partial charge in [0.15, 0.2) is 5.13 Å². The van der Waals surface area contributed by atoms with Gasteiger partial charge in [0, 0.05) is 24.8 Å². The Balaban J connectivity index is 1.54. The highest BCUT2D eigenvalue weighted by Crippen LogP contribution is 2.28. The molecule has 0 spiro atoms. The summed E-state index contributed by atoms with van der Waals surface area (Å²) in [5, 5.41) is 21.2. The van der Waals surface area contributed by atoms with Crippen LogP contribution in [0, 0.1) is 5.41 Å². The van der Waals surface area contributed by atoms with Crippen LogP contribution in [0.1, 0.15) is 58.9 Å². The first kappa shape index (κ1) is 22.9. The second kappa shape index (κ2) is 9.68. The summed E-state index contributed by atoms with van der Waals surface area (Å²) < 4.78 is 0. The Bertz CT molecular complexity index is 1010. The molecule has 0 bridgehead atoms. The molecule has 3 aromatic heterocycles. The summed E-state index contributed by atoms with van der Waals surface area (Å²) >= 11 is 1.52. The van der Waals surface area contributed by atoms with Crippen molar-refractivity contribution in [3.8, 4) is 0 Å². The van der Waals surface area contributed by atoms with Gasteiger partial charge in [-0.2, -0.15) is 0 Å². The largest absolute Gasteiger partial charge is 0.393 e. The summed E-state index contributed by atoms with van der Waals surface area (Å²) in [6, 6.07) is 8.78. The summed E-state index contributed by atoms with van der Waals surface area (Å²) in [4.78, 5) is 14.8. The van der Waals surface area contributed by atoms with Gasteiger partial charge in [-0.05, 0) is 67.9 Å². The molecule has 3 heterocycles. The third-order valence-electron chi connectivity index (χ3n) is 6.25. The number of nitrogens with zero attached hydrogens (tertiary/aromatic N) is 3. The third kappa shape index (κ3) is 5.94. The Morgan fingerprint density at radius 1 is 1.12 bits per heavy atom. The van der Waals surface area contributed by atoms with Gasteiger partial charge in [-0.1, -0.05) is 32.1 Å². The van der Waals surface area contributed by atoms with E-state index in [0.29, 0.717) is 12.1 Å². The van der Waals surface area contributed by atoms with Crippen LogP contribution in [0.3, 0.4) is 0 Å². The van der Waals surface area contributed by atoms with Gasteiger partial charge in [-0.3, -0.25) is 0 Å². The number of hydrogen-bond donors (Lipinski definition) is 4. The van der Waals surface area contributed by atoms with Crippen molar-refractivity contribution in [2.75, 3.05) is 10.6 Å². The zero-order valence-corrected chi connectivity index (χ0v) is 20.2. The molecule has 1 saturated carbocycles. The lowest BCUT2D eigenvalue weighted by Gasteiger charge is -2.29. The van der Waals surface area contributed by atoms with Crippen molar-refractivity contribution in [3.05, 3.63) is 36.0 Å². The summed E-state index contributed by atoms with van der Waals surface area (Å²) in [5.41, 5.74) is 2.23. The van der Waals surface area contributed by atoms with E-state index in [1.165, 1.54) is 11.3 Å². The van der Waals surface area contributed by atoms with E-state index in [9.17, 15) is 5.11 Å². The van der Waals surface area contributed by atoms with Gasteiger partial charge in [0.2, 0.25) is 0 Å².